The lowest BCUT2D eigenvalue weighted by atomic mass is 10.1. The third-order valence-corrected chi connectivity index (χ3v) is 3.58. The van der Waals surface area contributed by atoms with Crippen LogP contribution in [0.25, 0.3) is 11.0 Å². The van der Waals surface area contributed by atoms with Gasteiger partial charge in [0, 0.05) is 24.8 Å². The van der Waals surface area contributed by atoms with Gasteiger partial charge in [-0.05, 0) is 30.9 Å². The fourth-order valence-electron chi connectivity index (χ4n) is 2.61. The van der Waals surface area contributed by atoms with E-state index in [1.165, 1.54) is 5.39 Å². The molecule has 0 aliphatic carbocycles. The summed E-state index contributed by atoms with van der Waals surface area (Å²) in [7, 11) is 0. The van der Waals surface area contributed by atoms with Gasteiger partial charge in [0.2, 0.25) is 0 Å². The normalized spacial score (nSPS) is 17.7. The van der Waals surface area contributed by atoms with Gasteiger partial charge in [-0.2, -0.15) is 5.10 Å². The maximum Gasteiger partial charge on any atom is 0.158 e. The lowest BCUT2D eigenvalue weighted by Gasteiger charge is -2.22. The largest absolute Gasteiger partial charge is 0.381 e. The highest BCUT2D eigenvalue weighted by molar-refractivity contribution is 5.78. The Hall–Kier alpha value is -1.42. The van der Waals surface area contributed by atoms with Gasteiger partial charge in [0.25, 0.3) is 0 Å². The maximum absolute atomic E-state index is 5.43. The van der Waals surface area contributed by atoms with Gasteiger partial charge in [-0.15, -0.1) is 0 Å². The molecule has 2 aromatic heterocycles. The minimum Gasteiger partial charge on any atom is -0.381 e. The van der Waals surface area contributed by atoms with Gasteiger partial charge in [-0.3, -0.25) is 0 Å². The number of hydrogen-bond donors (Lipinski definition) is 0. The number of nitrogens with zero attached hydrogens (tertiary/aromatic N) is 3. The molecule has 0 N–H and O–H groups in total. The van der Waals surface area contributed by atoms with Gasteiger partial charge in [0.05, 0.1) is 11.7 Å². The second-order valence-electron chi connectivity index (χ2n) is 5.20. The zero-order chi connectivity index (χ0) is 12.5. The smallest absolute Gasteiger partial charge is 0.158 e. The lowest BCUT2D eigenvalue weighted by molar-refractivity contribution is 0.0672. The Bertz CT molecular complexity index is 541. The topological polar surface area (TPSA) is 39.9 Å². The molecule has 3 rings (SSSR count). The van der Waals surface area contributed by atoms with E-state index in [4.69, 9.17) is 9.84 Å². The van der Waals surface area contributed by atoms with Crippen LogP contribution in [0.15, 0.2) is 18.3 Å². The molecule has 0 bridgehead atoms. The van der Waals surface area contributed by atoms with E-state index in [1.54, 1.807) is 0 Å². The van der Waals surface area contributed by atoms with E-state index >= 15 is 0 Å². The Kier molecular flexibility index (Phi) is 3.04. The molecule has 1 aliphatic heterocycles. The zero-order valence-corrected chi connectivity index (χ0v) is 11.0. The summed E-state index contributed by atoms with van der Waals surface area (Å²) in [6.45, 7) is 6.03. The molecule has 18 heavy (non-hydrogen) atoms. The molecule has 1 saturated heterocycles. The molecule has 4 nitrogen and oxygen atoms in total. The van der Waals surface area contributed by atoms with Gasteiger partial charge >= 0.3 is 0 Å². The molecule has 0 radical (unpaired) electrons. The Morgan fingerprint density at radius 3 is 2.83 bits per heavy atom. The molecule has 3 heterocycles. The average Bonchev–Trinajstić information content (AvgIpc) is 2.79. The first kappa shape index (κ1) is 11.7. The summed E-state index contributed by atoms with van der Waals surface area (Å²) in [5.41, 5.74) is 2.18. The highest BCUT2D eigenvalue weighted by atomic mass is 16.5. The van der Waals surface area contributed by atoms with Crippen molar-refractivity contribution in [1.29, 1.82) is 0 Å². The number of pyridine rings is 1. The van der Waals surface area contributed by atoms with E-state index in [2.05, 4.69) is 29.6 Å². The first-order valence-corrected chi connectivity index (χ1v) is 6.68. The Balaban J connectivity index is 2.10. The lowest BCUT2D eigenvalue weighted by Crippen LogP contribution is -2.20. The minimum absolute atomic E-state index is 0.429. The summed E-state index contributed by atoms with van der Waals surface area (Å²) in [6.07, 6.45) is 3.92. The predicted molar refractivity (Wildman–Crippen MR) is 70.7 cm³/mol. The molecular weight excluding hydrogens is 226 g/mol. The summed E-state index contributed by atoms with van der Waals surface area (Å²) in [5, 5.41) is 6.00. The molecule has 0 amide bonds. The van der Waals surface area contributed by atoms with Gasteiger partial charge < -0.3 is 4.74 Å². The third-order valence-electron chi connectivity index (χ3n) is 3.58. The Morgan fingerprint density at radius 2 is 2.11 bits per heavy atom. The molecule has 4 heteroatoms. The molecule has 0 atom stereocenters. The number of ether oxygens (including phenoxy) is 1. The highest BCUT2D eigenvalue weighted by Gasteiger charge is 2.22. The number of hydrogen-bond acceptors (Lipinski definition) is 3. The molecule has 1 fully saturated rings. The predicted octanol–water partition coefficient (Wildman–Crippen LogP) is 2.91. The summed E-state index contributed by atoms with van der Waals surface area (Å²) in [6, 6.07) is 4.55. The molecular formula is C14H19N3O. The molecule has 0 unspecified atom stereocenters. The van der Waals surface area contributed by atoms with Gasteiger partial charge in [-0.1, -0.05) is 13.8 Å². The van der Waals surface area contributed by atoms with E-state index in [-0.39, 0.29) is 0 Å². The van der Waals surface area contributed by atoms with Crippen molar-refractivity contribution in [2.45, 2.75) is 38.6 Å². The second-order valence-corrected chi connectivity index (χ2v) is 5.20. The molecule has 0 saturated carbocycles. The average molecular weight is 245 g/mol. The van der Waals surface area contributed by atoms with E-state index in [1.807, 2.05) is 12.3 Å². The van der Waals surface area contributed by atoms with E-state index < -0.39 is 0 Å². The minimum atomic E-state index is 0.429. The monoisotopic (exact) mass is 245 g/mol. The van der Waals surface area contributed by atoms with Crippen LogP contribution >= 0.6 is 0 Å². The van der Waals surface area contributed by atoms with Crippen LogP contribution in [0.2, 0.25) is 0 Å². The van der Waals surface area contributed by atoms with Crippen LogP contribution in [0, 0.1) is 0 Å². The molecule has 2 aromatic rings. The number of rotatable bonds is 2. The van der Waals surface area contributed by atoms with Crippen molar-refractivity contribution >= 4 is 11.0 Å². The standard InChI is InChI=1S/C14H19N3O/c1-10(2)13-12-4-3-7-15-14(12)17(16-13)11-5-8-18-9-6-11/h3-4,7,10-11H,5-6,8-9H2,1-2H3. The summed E-state index contributed by atoms with van der Waals surface area (Å²) < 4.78 is 7.54. The van der Waals surface area contributed by atoms with Crippen molar-refractivity contribution < 1.29 is 4.74 Å². The molecule has 0 spiro atoms. The van der Waals surface area contributed by atoms with Crippen molar-refractivity contribution in [3.63, 3.8) is 0 Å². The maximum atomic E-state index is 5.43. The quantitative estimate of drug-likeness (QED) is 0.816. The fraction of sp³-hybridized carbons (Fsp3) is 0.571. The van der Waals surface area contributed by atoms with Crippen molar-refractivity contribution in [3.8, 4) is 0 Å². The summed E-state index contributed by atoms with van der Waals surface area (Å²) in [4.78, 5) is 4.52. The Morgan fingerprint density at radius 1 is 1.33 bits per heavy atom. The van der Waals surface area contributed by atoms with E-state index in [0.29, 0.717) is 12.0 Å². The van der Waals surface area contributed by atoms with Crippen molar-refractivity contribution in [3.05, 3.63) is 24.0 Å². The van der Waals surface area contributed by atoms with Crippen LogP contribution < -0.4 is 0 Å². The van der Waals surface area contributed by atoms with Crippen molar-refractivity contribution in [2.75, 3.05) is 13.2 Å². The molecule has 0 aromatic carbocycles. The first-order valence-electron chi connectivity index (χ1n) is 6.68. The van der Waals surface area contributed by atoms with Gasteiger partial charge in [0.15, 0.2) is 5.65 Å². The first-order chi connectivity index (χ1) is 8.77. The van der Waals surface area contributed by atoms with Crippen LogP contribution in [-0.4, -0.2) is 28.0 Å². The van der Waals surface area contributed by atoms with Crippen LogP contribution in [0.5, 0.6) is 0 Å². The Labute approximate surface area is 107 Å². The highest BCUT2D eigenvalue weighted by Crippen LogP contribution is 2.29. The molecule has 1 aliphatic rings. The summed E-state index contributed by atoms with van der Waals surface area (Å²) >= 11 is 0. The number of aromatic nitrogens is 3. The summed E-state index contributed by atoms with van der Waals surface area (Å²) in [5.74, 6) is 0.429. The zero-order valence-electron chi connectivity index (χ0n) is 11.0. The SMILES string of the molecule is CC(C)c1nn(C2CCOCC2)c2ncccc12. The van der Waals surface area contributed by atoms with Crippen LogP contribution in [0.4, 0.5) is 0 Å². The van der Waals surface area contributed by atoms with E-state index in [9.17, 15) is 0 Å². The van der Waals surface area contributed by atoms with Crippen LogP contribution in [-0.2, 0) is 4.74 Å². The van der Waals surface area contributed by atoms with Gasteiger partial charge in [-0.25, -0.2) is 9.67 Å². The fourth-order valence-corrected chi connectivity index (χ4v) is 2.61. The third kappa shape index (κ3) is 1.90. The van der Waals surface area contributed by atoms with Crippen molar-refractivity contribution in [2.24, 2.45) is 0 Å². The van der Waals surface area contributed by atoms with Crippen LogP contribution in [0.1, 0.15) is 44.3 Å². The van der Waals surface area contributed by atoms with Gasteiger partial charge in [0.1, 0.15) is 0 Å². The van der Waals surface area contributed by atoms with Crippen LogP contribution in [0.3, 0.4) is 0 Å². The number of fused-ring (bicyclic) bond motifs is 1. The molecule has 96 valence electrons. The van der Waals surface area contributed by atoms with E-state index in [0.717, 1.165) is 37.4 Å². The second kappa shape index (κ2) is 4.69. The van der Waals surface area contributed by atoms with Crippen molar-refractivity contribution in [1.82, 2.24) is 14.8 Å².